The first-order valence-corrected chi connectivity index (χ1v) is 5.07. The van der Waals surface area contributed by atoms with Gasteiger partial charge in [-0.3, -0.25) is 0 Å². The summed E-state index contributed by atoms with van der Waals surface area (Å²) in [4.78, 5) is 8.13. The Hall–Kier alpha value is -1.47. The zero-order valence-electron chi connectivity index (χ0n) is 8.64. The summed E-state index contributed by atoms with van der Waals surface area (Å²) in [6.45, 7) is 1.77. The minimum Gasteiger partial charge on any atom is -0.385 e. The molecule has 1 aliphatic rings. The number of aryl methyl sites for hydroxylation is 1. The molecular formula is C11H13N3O. The topological polar surface area (TPSA) is 69.8 Å². The summed E-state index contributed by atoms with van der Waals surface area (Å²) in [6.07, 6.45) is 3.36. The van der Waals surface area contributed by atoms with E-state index in [1.165, 1.54) is 0 Å². The van der Waals surface area contributed by atoms with Crippen molar-refractivity contribution >= 4 is 0 Å². The van der Waals surface area contributed by atoms with Crippen molar-refractivity contribution in [2.24, 2.45) is 5.41 Å². The van der Waals surface area contributed by atoms with Gasteiger partial charge in [0.1, 0.15) is 11.9 Å². The summed E-state index contributed by atoms with van der Waals surface area (Å²) in [5, 5.41) is 19.2. The summed E-state index contributed by atoms with van der Waals surface area (Å²) in [5.41, 5.74) is -0.0513. The summed E-state index contributed by atoms with van der Waals surface area (Å²) in [7, 11) is 0. The summed E-state index contributed by atoms with van der Waals surface area (Å²) in [5.74, 6) is 0.624. The number of hydrogen-bond acceptors (Lipinski definition) is 4. The van der Waals surface area contributed by atoms with Gasteiger partial charge in [-0.2, -0.15) is 5.26 Å². The third-order valence-electron chi connectivity index (χ3n) is 3.07. The molecule has 1 aromatic rings. The van der Waals surface area contributed by atoms with Crippen LogP contribution in [-0.4, -0.2) is 15.1 Å². The molecule has 15 heavy (non-hydrogen) atoms. The molecule has 1 atom stereocenters. The van der Waals surface area contributed by atoms with Crippen molar-refractivity contribution in [2.45, 2.75) is 32.3 Å². The summed E-state index contributed by atoms with van der Waals surface area (Å²) < 4.78 is 0. The van der Waals surface area contributed by atoms with Crippen LogP contribution in [0.5, 0.6) is 0 Å². The Labute approximate surface area is 88.6 Å². The van der Waals surface area contributed by atoms with Crippen LogP contribution in [0.25, 0.3) is 0 Å². The molecule has 4 heteroatoms. The van der Waals surface area contributed by atoms with Gasteiger partial charge in [0.15, 0.2) is 0 Å². The van der Waals surface area contributed by atoms with Crippen LogP contribution in [0.2, 0.25) is 0 Å². The molecule has 4 nitrogen and oxygen atoms in total. The second-order valence-corrected chi connectivity index (χ2v) is 4.05. The lowest BCUT2D eigenvalue weighted by atomic mass is 9.65. The van der Waals surface area contributed by atoms with Crippen LogP contribution in [-0.2, 0) is 0 Å². The number of hydrogen-bond donors (Lipinski definition) is 1. The van der Waals surface area contributed by atoms with Crippen molar-refractivity contribution in [3.8, 4) is 6.07 Å². The fourth-order valence-corrected chi connectivity index (χ4v) is 1.91. The number of aliphatic hydroxyl groups is 1. The highest BCUT2D eigenvalue weighted by Crippen LogP contribution is 2.49. The van der Waals surface area contributed by atoms with Crippen LogP contribution in [0.1, 0.15) is 36.9 Å². The zero-order chi connectivity index (χ0) is 10.9. The fourth-order valence-electron chi connectivity index (χ4n) is 1.91. The minimum atomic E-state index is -0.780. The van der Waals surface area contributed by atoms with Gasteiger partial charge in [0, 0.05) is 6.20 Å². The molecule has 0 aliphatic heterocycles. The van der Waals surface area contributed by atoms with E-state index in [9.17, 15) is 5.11 Å². The van der Waals surface area contributed by atoms with E-state index in [0.29, 0.717) is 11.5 Å². The Bertz CT molecular complexity index is 407. The van der Waals surface area contributed by atoms with E-state index in [2.05, 4.69) is 16.0 Å². The normalized spacial score (nSPS) is 20.1. The Morgan fingerprint density at radius 1 is 1.60 bits per heavy atom. The average Bonchev–Trinajstić information content (AvgIpc) is 2.17. The van der Waals surface area contributed by atoms with Crippen molar-refractivity contribution in [2.75, 3.05) is 0 Å². The van der Waals surface area contributed by atoms with Crippen molar-refractivity contribution in [3.05, 3.63) is 23.8 Å². The maximum Gasteiger partial charge on any atom is 0.125 e. The van der Waals surface area contributed by atoms with Crippen molar-refractivity contribution in [1.29, 1.82) is 5.26 Å². The number of rotatable bonds is 2. The van der Waals surface area contributed by atoms with E-state index in [1.807, 2.05) is 0 Å². The number of aromatic nitrogens is 2. The van der Waals surface area contributed by atoms with Crippen LogP contribution in [0.3, 0.4) is 0 Å². The van der Waals surface area contributed by atoms with Gasteiger partial charge in [-0.1, -0.05) is 6.42 Å². The van der Waals surface area contributed by atoms with Crippen LogP contribution < -0.4 is 0 Å². The molecule has 2 rings (SSSR count). The minimum absolute atomic E-state index is 0.559. The third-order valence-corrected chi connectivity index (χ3v) is 3.07. The lowest BCUT2D eigenvalue weighted by Crippen LogP contribution is -2.35. The number of nitrogens with zero attached hydrogens (tertiary/aromatic N) is 3. The lowest BCUT2D eigenvalue weighted by molar-refractivity contribution is 0.00485. The molecule has 1 N–H and O–H groups in total. The Kier molecular flexibility index (Phi) is 2.41. The molecule has 0 bridgehead atoms. The van der Waals surface area contributed by atoms with Crippen molar-refractivity contribution < 1.29 is 5.11 Å². The van der Waals surface area contributed by atoms with E-state index >= 15 is 0 Å². The van der Waals surface area contributed by atoms with E-state index in [1.54, 1.807) is 19.2 Å². The molecule has 78 valence electrons. The second kappa shape index (κ2) is 3.59. The Morgan fingerprint density at radius 2 is 2.33 bits per heavy atom. The lowest BCUT2D eigenvalue weighted by Gasteiger charge is -2.38. The van der Waals surface area contributed by atoms with Gasteiger partial charge >= 0.3 is 0 Å². The predicted octanol–water partition coefficient (Wildman–Crippen LogP) is 1.51. The highest BCUT2D eigenvalue weighted by molar-refractivity contribution is 5.18. The standard InChI is InChI=1S/C11H13N3O/c1-8-13-6-3-9(14-8)10(15)11(7-12)4-2-5-11/h3,6,10,15H,2,4-5H2,1H3. The number of aliphatic hydroxyl groups excluding tert-OH is 1. The maximum atomic E-state index is 10.1. The zero-order valence-corrected chi connectivity index (χ0v) is 8.64. The Morgan fingerprint density at radius 3 is 2.80 bits per heavy atom. The quantitative estimate of drug-likeness (QED) is 0.791. The largest absolute Gasteiger partial charge is 0.385 e. The number of nitriles is 1. The molecule has 0 saturated heterocycles. The van der Waals surface area contributed by atoms with Crippen LogP contribution in [0, 0.1) is 23.7 Å². The van der Waals surface area contributed by atoms with Crippen LogP contribution in [0.15, 0.2) is 12.3 Å². The molecule has 0 amide bonds. The van der Waals surface area contributed by atoms with Gasteiger partial charge in [0.2, 0.25) is 0 Å². The molecule has 1 saturated carbocycles. The van der Waals surface area contributed by atoms with Gasteiger partial charge in [0.25, 0.3) is 0 Å². The SMILES string of the molecule is Cc1nccc(C(O)C2(C#N)CCC2)n1. The van der Waals surface area contributed by atoms with E-state index in [-0.39, 0.29) is 0 Å². The van der Waals surface area contributed by atoms with E-state index in [4.69, 9.17) is 5.26 Å². The summed E-state index contributed by atoms with van der Waals surface area (Å²) >= 11 is 0. The highest BCUT2D eigenvalue weighted by Gasteiger charge is 2.45. The average molecular weight is 203 g/mol. The molecule has 1 aromatic heterocycles. The monoisotopic (exact) mass is 203 g/mol. The molecule has 1 aliphatic carbocycles. The smallest absolute Gasteiger partial charge is 0.125 e. The Balaban J connectivity index is 2.28. The molecule has 0 radical (unpaired) electrons. The molecule has 1 fully saturated rings. The molecule has 0 spiro atoms. The highest BCUT2D eigenvalue weighted by atomic mass is 16.3. The van der Waals surface area contributed by atoms with E-state index in [0.717, 1.165) is 19.3 Å². The predicted molar refractivity (Wildman–Crippen MR) is 53.6 cm³/mol. The van der Waals surface area contributed by atoms with Crippen LogP contribution >= 0.6 is 0 Å². The third kappa shape index (κ3) is 1.59. The molecule has 0 aromatic carbocycles. The first kappa shape index (κ1) is 10.1. The summed E-state index contributed by atoms with van der Waals surface area (Å²) in [6, 6.07) is 3.90. The van der Waals surface area contributed by atoms with Gasteiger partial charge < -0.3 is 5.11 Å². The van der Waals surface area contributed by atoms with Crippen molar-refractivity contribution in [1.82, 2.24) is 9.97 Å². The van der Waals surface area contributed by atoms with Crippen molar-refractivity contribution in [3.63, 3.8) is 0 Å². The van der Waals surface area contributed by atoms with Gasteiger partial charge in [-0.25, -0.2) is 9.97 Å². The molecule has 1 heterocycles. The maximum absolute atomic E-state index is 10.1. The van der Waals surface area contributed by atoms with Gasteiger partial charge in [-0.15, -0.1) is 0 Å². The first-order chi connectivity index (χ1) is 7.18. The molecular weight excluding hydrogens is 190 g/mol. The fraction of sp³-hybridized carbons (Fsp3) is 0.545. The van der Waals surface area contributed by atoms with Crippen LogP contribution in [0.4, 0.5) is 0 Å². The van der Waals surface area contributed by atoms with Gasteiger partial charge in [-0.05, 0) is 25.8 Å². The molecule has 1 unspecified atom stereocenters. The second-order valence-electron chi connectivity index (χ2n) is 4.05. The first-order valence-electron chi connectivity index (χ1n) is 5.07. The van der Waals surface area contributed by atoms with Gasteiger partial charge in [0.05, 0.1) is 17.2 Å². The van der Waals surface area contributed by atoms with E-state index < -0.39 is 11.5 Å².